The molecule has 0 aliphatic heterocycles. The van der Waals surface area contributed by atoms with E-state index in [9.17, 15) is 4.79 Å². The molecule has 0 aliphatic carbocycles. The van der Waals surface area contributed by atoms with Gasteiger partial charge in [0.15, 0.2) is 0 Å². The zero-order valence-electron chi connectivity index (χ0n) is 14.1. The Hall–Kier alpha value is -2.36. The first kappa shape index (κ1) is 17.0. The summed E-state index contributed by atoms with van der Waals surface area (Å²) < 4.78 is 0. The summed E-state index contributed by atoms with van der Waals surface area (Å²) in [6.45, 7) is 8.44. The smallest absolute Gasteiger partial charge is 0.272 e. The lowest BCUT2D eigenvalue weighted by Gasteiger charge is -2.20. The van der Waals surface area contributed by atoms with Crippen LogP contribution in [0.5, 0.6) is 0 Å². The normalized spacial score (nSPS) is 10.6. The molecule has 2 rings (SSSR count). The average Bonchev–Trinajstić information content (AvgIpc) is 2.58. The molecule has 1 amide bonds. The topological polar surface area (TPSA) is 45.2 Å². The first-order valence-electron chi connectivity index (χ1n) is 8.13. The van der Waals surface area contributed by atoms with Gasteiger partial charge in [-0.25, -0.2) is 4.98 Å². The Balaban J connectivity index is 2.02. The first-order valence-corrected chi connectivity index (χ1v) is 8.13. The van der Waals surface area contributed by atoms with Crippen LogP contribution in [-0.2, 0) is 6.54 Å². The van der Waals surface area contributed by atoms with Crippen LogP contribution in [-0.4, -0.2) is 28.9 Å². The van der Waals surface area contributed by atoms with E-state index in [0.717, 1.165) is 17.8 Å². The number of pyridine rings is 1. The van der Waals surface area contributed by atoms with Gasteiger partial charge >= 0.3 is 0 Å². The third-order valence-corrected chi connectivity index (χ3v) is 3.58. The van der Waals surface area contributed by atoms with Crippen LogP contribution in [0.1, 0.15) is 36.8 Å². The SMILES string of the molecule is CCN(Cc1ccccc1)C(=O)c1ccc(NCC(C)C)cn1. The largest absolute Gasteiger partial charge is 0.384 e. The maximum absolute atomic E-state index is 12.6. The fraction of sp³-hybridized carbons (Fsp3) is 0.368. The molecule has 4 heteroatoms. The number of nitrogens with zero attached hydrogens (tertiary/aromatic N) is 2. The fourth-order valence-electron chi connectivity index (χ4n) is 2.24. The summed E-state index contributed by atoms with van der Waals surface area (Å²) in [7, 11) is 0. The van der Waals surface area contributed by atoms with Crippen LogP contribution in [0.4, 0.5) is 5.69 Å². The third kappa shape index (κ3) is 5.09. The minimum atomic E-state index is -0.0354. The van der Waals surface area contributed by atoms with E-state index < -0.39 is 0 Å². The van der Waals surface area contributed by atoms with Gasteiger partial charge in [-0.2, -0.15) is 0 Å². The maximum atomic E-state index is 12.6. The number of amides is 1. The van der Waals surface area contributed by atoms with Gasteiger partial charge in [-0.15, -0.1) is 0 Å². The summed E-state index contributed by atoms with van der Waals surface area (Å²) in [5.74, 6) is 0.532. The van der Waals surface area contributed by atoms with Gasteiger partial charge in [-0.05, 0) is 30.5 Å². The van der Waals surface area contributed by atoms with Gasteiger partial charge in [0.25, 0.3) is 5.91 Å². The van der Waals surface area contributed by atoms with Crippen molar-refractivity contribution in [2.24, 2.45) is 5.92 Å². The van der Waals surface area contributed by atoms with Crippen LogP contribution in [0.25, 0.3) is 0 Å². The Labute approximate surface area is 138 Å². The van der Waals surface area contributed by atoms with Crippen LogP contribution < -0.4 is 5.32 Å². The minimum absolute atomic E-state index is 0.0354. The van der Waals surface area contributed by atoms with Crippen molar-refractivity contribution in [3.05, 3.63) is 59.9 Å². The van der Waals surface area contributed by atoms with Crippen molar-refractivity contribution >= 4 is 11.6 Å². The van der Waals surface area contributed by atoms with Gasteiger partial charge in [-0.3, -0.25) is 4.79 Å². The standard InChI is InChI=1S/C19H25N3O/c1-4-22(14-16-8-6-5-7-9-16)19(23)18-11-10-17(13-21-18)20-12-15(2)3/h5-11,13,15,20H,4,12,14H2,1-3H3. The van der Waals surface area contributed by atoms with E-state index in [-0.39, 0.29) is 5.91 Å². The molecule has 0 radical (unpaired) electrons. The molecule has 0 fully saturated rings. The van der Waals surface area contributed by atoms with Gasteiger partial charge < -0.3 is 10.2 Å². The van der Waals surface area contributed by atoms with Crippen molar-refractivity contribution in [3.63, 3.8) is 0 Å². The van der Waals surface area contributed by atoms with Crippen LogP contribution in [0.15, 0.2) is 48.7 Å². The maximum Gasteiger partial charge on any atom is 0.272 e. The van der Waals surface area contributed by atoms with Crippen LogP contribution >= 0.6 is 0 Å². The van der Waals surface area contributed by atoms with Gasteiger partial charge in [0.05, 0.1) is 11.9 Å². The third-order valence-electron chi connectivity index (χ3n) is 3.58. The highest BCUT2D eigenvalue weighted by molar-refractivity contribution is 5.92. The molecule has 1 N–H and O–H groups in total. The lowest BCUT2D eigenvalue weighted by Crippen LogP contribution is -2.30. The zero-order valence-corrected chi connectivity index (χ0v) is 14.1. The van der Waals surface area contributed by atoms with E-state index in [0.29, 0.717) is 24.7 Å². The lowest BCUT2D eigenvalue weighted by molar-refractivity contribution is 0.0746. The Morgan fingerprint density at radius 1 is 1.17 bits per heavy atom. The Kier molecular flexibility index (Phi) is 6.15. The van der Waals surface area contributed by atoms with E-state index >= 15 is 0 Å². The Bertz CT molecular complexity index is 608. The van der Waals surface area contributed by atoms with Crippen molar-refractivity contribution in [2.75, 3.05) is 18.4 Å². The van der Waals surface area contributed by atoms with Gasteiger partial charge in [0.1, 0.15) is 5.69 Å². The van der Waals surface area contributed by atoms with Crippen LogP contribution in [0, 0.1) is 5.92 Å². The monoisotopic (exact) mass is 311 g/mol. The highest BCUT2D eigenvalue weighted by atomic mass is 16.2. The molecule has 0 bridgehead atoms. The molecular formula is C19H25N3O. The molecule has 2 aromatic rings. The molecule has 0 unspecified atom stereocenters. The number of anilines is 1. The molecule has 1 aromatic carbocycles. The fourth-order valence-corrected chi connectivity index (χ4v) is 2.24. The van der Waals surface area contributed by atoms with Gasteiger partial charge in [-0.1, -0.05) is 44.2 Å². The van der Waals surface area contributed by atoms with Crippen molar-refractivity contribution in [1.82, 2.24) is 9.88 Å². The second-order valence-electron chi connectivity index (χ2n) is 6.01. The summed E-state index contributed by atoms with van der Waals surface area (Å²) in [5, 5.41) is 3.31. The van der Waals surface area contributed by atoms with Crippen molar-refractivity contribution < 1.29 is 4.79 Å². The molecule has 1 aromatic heterocycles. The highest BCUT2D eigenvalue weighted by Crippen LogP contribution is 2.11. The molecule has 23 heavy (non-hydrogen) atoms. The minimum Gasteiger partial charge on any atom is -0.384 e. The average molecular weight is 311 g/mol. The predicted molar refractivity (Wildman–Crippen MR) is 94.4 cm³/mol. The van der Waals surface area contributed by atoms with Gasteiger partial charge in [0, 0.05) is 19.6 Å². The summed E-state index contributed by atoms with van der Waals surface area (Å²) in [4.78, 5) is 18.7. The number of aromatic nitrogens is 1. The second kappa shape index (κ2) is 8.32. The van der Waals surface area contributed by atoms with E-state index in [2.05, 4.69) is 24.1 Å². The highest BCUT2D eigenvalue weighted by Gasteiger charge is 2.15. The molecular weight excluding hydrogens is 286 g/mol. The zero-order chi connectivity index (χ0) is 16.7. The molecule has 0 spiro atoms. The number of carbonyl (C=O) groups excluding carboxylic acids is 1. The Morgan fingerprint density at radius 2 is 1.91 bits per heavy atom. The summed E-state index contributed by atoms with van der Waals surface area (Å²) >= 11 is 0. The van der Waals surface area contributed by atoms with Gasteiger partial charge in [0.2, 0.25) is 0 Å². The van der Waals surface area contributed by atoms with Crippen LogP contribution in [0.3, 0.4) is 0 Å². The van der Waals surface area contributed by atoms with Crippen molar-refractivity contribution in [3.8, 4) is 0 Å². The quantitative estimate of drug-likeness (QED) is 0.845. The summed E-state index contributed by atoms with van der Waals surface area (Å²) in [5.41, 5.74) is 2.55. The lowest BCUT2D eigenvalue weighted by atomic mass is 10.2. The molecule has 0 aliphatic rings. The predicted octanol–water partition coefficient (Wildman–Crippen LogP) is 3.81. The molecule has 0 saturated heterocycles. The van der Waals surface area contributed by atoms with Crippen molar-refractivity contribution in [1.29, 1.82) is 0 Å². The number of rotatable bonds is 7. The second-order valence-corrected chi connectivity index (χ2v) is 6.01. The number of carbonyl (C=O) groups is 1. The van der Waals surface area contributed by atoms with E-state index in [1.807, 2.05) is 43.3 Å². The summed E-state index contributed by atoms with van der Waals surface area (Å²) in [6.07, 6.45) is 1.73. The van der Waals surface area contributed by atoms with Crippen LogP contribution in [0.2, 0.25) is 0 Å². The molecule has 0 saturated carbocycles. The molecule has 0 atom stereocenters. The number of hydrogen-bond donors (Lipinski definition) is 1. The van der Waals surface area contributed by atoms with Crippen molar-refractivity contribution in [2.45, 2.75) is 27.3 Å². The Morgan fingerprint density at radius 3 is 2.48 bits per heavy atom. The van der Waals surface area contributed by atoms with E-state index in [1.54, 1.807) is 17.2 Å². The number of nitrogens with one attached hydrogen (secondary N) is 1. The first-order chi connectivity index (χ1) is 11.1. The number of benzene rings is 1. The summed E-state index contributed by atoms with van der Waals surface area (Å²) in [6, 6.07) is 13.7. The van der Waals surface area contributed by atoms with E-state index in [4.69, 9.17) is 0 Å². The molecule has 122 valence electrons. The molecule has 4 nitrogen and oxygen atoms in total. The van der Waals surface area contributed by atoms with E-state index in [1.165, 1.54) is 0 Å². The number of hydrogen-bond acceptors (Lipinski definition) is 3. The molecule has 1 heterocycles.